The predicted molar refractivity (Wildman–Crippen MR) is 71.6 cm³/mol. The molecule has 0 saturated heterocycles. The Hall–Kier alpha value is -0.380. The van der Waals surface area contributed by atoms with E-state index in [2.05, 4.69) is 41.2 Å². The van der Waals surface area contributed by atoms with Gasteiger partial charge in [0.2, 0.25) is 0 Å². The lowest BCUT2D eigenvalue weighted by Gasteiger charge is -2.28. The second-order valence-corrected chi connectivity index (χ2v) is 5.07. The van der Waals surface area contributed by atoms with Crippen LogP contribution < -0.4 is 5.32 Å². The van der Waals surface area contributed by atoms with E-state index in [-0.39, 0.29) is 5.60 Å². The first kappa shape index (κ1) is 13.7. The fourth-order valence-corrected chi connectivity index (χ4v) is 1.92. The lowest BCUT2D eigenvalue weighted by Crippen LogP contribution is -2.38. The van der Waals surface area contributed by atoms with Crippen molar-refractivity contribution in [1.29, 1.82) is 0 Å². The third-order valence-corrected chi connectivity index (χ3v) is 3.61. The summed E-state index contributed by atoms with van der Waals surface area (Å²) >= 11 is 3.53. The normalized spacial score (nSPS) is 14.8. The van der Waals surface area contributed by atoms with Crippen molar-refractivity contribution in [1.82, 2.24) is 5.32 Å². The summed E-state index contributed by atoms with van der Waals surface area (Å²) in [6, 6.07) is 8.17. The van der Waals surface area contributed by atoms with Crippen molar-refractivity contribution < 1.29 is 4.74 Å². The molecule has 0 bridgehead atoms. The molecule has 0 aliphatic heterocycles. The van der Waals surface area contributed by atoms with Gasteiger partial charge in [0.25, 0.3) is 0 Å². The van der Waals surface area contributed by atoms with Gasteiger partial charge in [-0.2, -0.15) is 0 Å². The zero-order chi connectivity index (χ0) is 12.0. The largest absolute Gasteiger partial charge is 0.369 e. The molecule has 3 heteroatoms. The number of benzene rings is 1. The van der Waals surface area contributed by atoms with Crippen molar-refractivity contribution in [2.45, 2.75) is 32.5 Å². The van der Waals surface area contributed by atoms with E-state index < -0.39 is 0 Å². The van der Waals surface area contributed by atoms with E-state index in [1.54, 1.807) is 0 Å². The van der Waals surface area contributed by atoms with Crippen LogP contribution in [0.25, 0.3) is 0 Å². The molecule has 1 unspecified atom stereocenters. The molecule has 1 rings (SSSR count). The van der Waals surface area contributed by atoms with E-state index >= 15 is 0 Å². The van der Waals surface area contributed by atoms with Gasteiger partial charge in [-0.15, -0.1) is 0 Å². The summed E-state index contributed by atoms with van der Waals surface area (Å²) in [7, 11) is 1.95. The van der Waals surface area contributed by atoms with Gasteiger partial charge in [-0.3, -0.25) is 0 Å². The Morgan fingerprint density at radius 2 is 2.06 bits per heavy atom. The van der Waals surface area contributed by atoms with Crippen LogP contribution in [0.1, 0.15) is 25.8 Å². The van der Waals surface area contributed by atoms with Crippen LogP contribution >= 0.6 is 15.9 Å². The highest BCUT2D eigenvalue weighted by atomic mass is 79.9. The molecule has 0 radical (unpaired) electrons. The summed E-state index contributed by atoms with van der Waals surface area (Å²) in [4.78, 5) is 0. The molecule has 1 atom stereocenters. The average molecular weight is 286 g/mol. The van der Waals surface area contributed by atoms with Crippen LogP contribution in [0.2, 0.25) is 0 Å². The van der Waals surface area contributed by atoms with Crippen molar-refractivity contribution in [2.75, 3.05) is 13.6 Å². The molecule has 0 aliphatic rings. The van der Waals surface area contributed by atoms with Crippen LogP contribution in [0.4, 0.5) is 0 Å². The highest BCUT2D eigenvalue weighted by molar-refractivity contribution is 9.10. The third kappa shape index (κ3) is 3.89. The fourth-order valence-electron chi connectivity index (χ4n) is 1.52. The van der Waals surface area contributed by atoms with Gasteiger partial charge in [0, 0.05) is 11.0 Å². The topological polar surface area (TPSA) is 21.3 Å². The number of ether oxygens (including phenoxy) is 1. The Balaban J connectivity index is 2.59. The van der Waals surface area contributed by atoms with Crippen LogP contribution in [-0.2, 0) is 11.3 Å². The molecule has 0 heterocycles. The Labute approximate surface area is 107 Å². The van der Waals surface area contributed by atoms with Crippen LogP contribution in [0.5, 0.6) is 0 Å². The minimum absolute atomic E-state index is 0.0932. The van der Waals surface area contributed by atoms with Crippen molar-refractivity contribution in [3.63, 3.8) is 0 Å². The third-order valence-electron chi connectivity index (χ3n) is 2.83. The smallest absolute Gasteiger partial charge is 0.0780 e. The number of likely N-dealkylation sites (N-methyl/N-ethyl adjacent to an activating group) is 1. The Bertz CT molecular complexity index is 329. The molecule has 0 aliphatic carbocycles. The van der Waals surface area contributed by atoms with Crippen molar-refractivity contribution in [2.24, 2.45) is 0 Å². The maximum absolute atomic E-state index is 5.99. The highest BCUT2D eigenvalue weighted by Gasteiger charge is 2.21. The molecule has 1 aromatic carbocycles. The monoisotopic (exact) mass is 285 g/mol. The molecule has 1 aromatic rings. The quantitative estimate of drug-likeness (QED) is 0.866. The molecule has 16 heavy (non-hydrogen) atoms. The maximum Gasteiger partial charge on any atom is 0.0780 e. The summed E-state index contributed by atoms with van der Waals surface area (Å²) < 4.78 is 7.10. The van der Waals surface area contributed by atoms with Gasteiger partial charge >= 0.3 is 0 Å². The molecule has 1 N–H and O–H groups in total. The second-order valence-electron chi connectivity index (χ2n) is 4.21. The summed E-state index contributed by atoms with van der Waals surface area (Å²) in [6.07, 6.45) is 0.998. The van der Waals surface area contributed by atoms with Crippen LogP contribution in [0.3, 0.4) is 0 Å². The summed E-state index contributed by atoms with van der Waals surface area (Å²) in [6.45, 7) is 5.80. The first-order chi connectivity index (χ1) is 7.61. The molecule has 0 spiro atoms. The predicted octanol–water partition coefficient (Wildman–Crippen LogP) is 3.35. The molecule has 0 amide bonds. The summed E-state index contributed by atoms with van der Waals surface area (Å²) in [5.74, 6) is 0. The van der Waals surface area contributed by atoms with E-state index in [1.165, 1.54) is 5.56 Å². The molecule has 90 valence electrons. The van der Waals surface area contributed by atoms with E-state index in [0.717, 1.165) is 17.4 Å². The number of nitrogens with one attached hydrogen (secondary N) is 1. The first-order valence-corrected chi connectivity index (χ1v) is 6.42. The highest BCUT2D eigenvalue weighted by Crippen LogP contribution is 2.21. The van der Waals surface area contributed by atoms with Gasteiger partial charge < -0.3 is 10.1 Å². The second kappa shape index (κ2) is 6.38. The van der Waals surface area contributed by atoms with Gasteiger partial charge in [-0.05, 0) is 32.0 Å². The van der Waals surface area contributed by atoms with Crippen LogP contribution in [-0.4, -0.2) is 19.2 Å². The minimum atomic E-state index is -0.0932. The molecular formula is C13H20BrNO. The zero-order valence-corrected chi connectivity index (χ0v) is 11.8. The average Bonchev–Trinajstić information content (AvgIpc) is 2.28. The van der Waals surface area contributed by atoms with E-state index in [1.807, 2.05) is 25.2 Å². The summed E-state index contributed by atoms with van der Waals surface area (Å²) in [5, 5.41) is 3.17. The summed E-state index contributed by atoms with van der Waals surface area (Å²) in [5.41, 5.74) is 1.10. The SMILES string of the molecule is CCC(C)(CNC)OCc1ccccc1Br. The van der Waals surface area contributed by atoms with E-state index in [0.29, 0.717) is 6.61 Å². The van der Waals surface area contributed by atoms with Crippen LogP contribution in [0, 0.1) is 0 Å². The first-order valence-electron chi connectivity index (χ1n) is 5.63. The van der Waals surface area contributed by atoms with Crippen molar-refractivity contribution in [3.8, 4) is 0 Å². The lowest BCUT2D eigenvalue weighted by molar-refractivity contribution is -0.0434. The molecule has 2 nitrogen and oxygen atoms in total. The van der Waals surface area contributed by atoms with Crippen LogP contribution in [0.15, 0.2) is 28.7 Å². The van der Waals surface area contributed by atoms with Crippen molar-refractivity contribution in [3.05, 3.63) is 34.3 Å². The Kier molecular flexibility index (Phi) is 5.46. The maximum atomic E-state index is 5.99. The number of halogens is 1. The number of rotatable bonds is 6. The lowest BCUT2D eigenvalue weighted by atomic mass is 10.0. The van der Waals surface area contributed by atoms with E-state index in [4.69, 9.17) is 4.74 Å². The molecule has 0 saturated carbocycles. The number of hydrogen-bond acceptors (Lipinski definition) is 2. The van der Waals surface area contributed by atoms with Gasteiger partial charge in [-0.25, -0.2) is 0 Å². The fraction of sp³-hybridized carbons (Fsp3) is 0.538. The molecule has 0 fully saturated rings. The van der Waals surface area contributed by atoms with Gasteiger partial charge in [-0.1, -0.05) is 41.1 Å². The standard InChI is InChI=1S/C13H20BrNO/c1-4-13(2,10-15-3)16-9-11-7-5-6-8-12(11)14/h5-8,15H,4,9-10H2,1-3H3. The van der Waals surface area contributed by atoms with Gasteiger partial charge in [0.15, 0.2) is 0 Å². The minimum Gasteiger partial charge on any atom is -0.369 e. The molecular weight excluding hydrogens is 266 g/mol. The zero-order valence-electron chi connectivity index (χ0n) is 10.2. The Morgan fingerprint density at radius 1 is 1.38 bits per heavy atom. The Morgan fingerprint density at radius 3 is 2.62 bits per heavy atom. The van der Waals surface area contributed by atoms with Crippen molar-refractivity contribution >= 4 is 15.9 Å². The van der Waals surface area contributed by atoms with Gasteiger partial charge in [0.05, 0.1) is 12.2 Å². The molecule has 0 aromatic heterocycles. The number of hydrogen-bond donors (Lipinski definition) is 1. The van der Waals surface area contributed by atoms with Gasteiger partial charge in [0.1, 0.15) is 0 Å². The van der Waals surface area contributed by atoms with E-state index in [9.17, 15) is 0 Å².